The Morgan fingerprint density at radius 1 is 0.547 bits per heavy atom. The molecular formula is C42H66O10Zn. The third kappa shape index (κ3) is 25.7. The van der Waals surface area contributed by atoms with Crippen molar-refractivity contribution in [3.8, 4) is 23.0 Å². The number of benzene rings is 2. The second-order valence-electron chi connectivity index (χ2n) is 13.5. The van der Waals surface area contributed by atoms with Crippen molar-refractivity contribution in [3.63, 3.8) is 0 Å². The van der Waals surface area contributed by atoms with Crippen molar-refractivity contribution in [2.45, 2.75) is 155 Å². The molecule has 0 fully saturated rings. The quantitative estimate of drug-likeness (QED) is 0.0576. The first-order valence-electron chi connectivity index (χ1n) is 19.7. The van der Waals surface area contributed by atoms with Gasteiger partial charge in [-0.05, 0) is 63.1 Å². The summed E-state index contributed by atoms with van der Waals surface area (Å²) in [5.41, 5.74) is -0.486. The Morgan fingerprint density at radius 3 is 1.17 bits per heavy atom. The van der Waals surface area contributed by atoms with E-state index in [1.165, 1.54) is 139 Å². The topological polar surface area (TPSA) is 158 Å². The molecule has 2 rings (SSSR count). The summed E-state index contributed by atoms with van der Waals surface area (Å²) in [7, 11) is 0. The SMILES string of the molecule is CCCCCCCCCCC(C)OCCOc1ccc(C(=O)O)c([O-])c1.CCCCCCCCCCC(C)OCCOc1ccc(C(=O)O)c([O-])c1.[Zn+2]. The van der Waals surface area contributed by atoms with Crippen LogP contribution in [0.15, 0.2) is 36.4 Å². The number of carbonyl (C=O) groups is 2. The Labute approximate surface area is 331 Å². The van der Waals surface area contributed by atoms with E-state index in [2.05, 4.69) is 27.7 Å². The van der Waals surface area contributed by atoms with E-state index in [4.69, 9.17) is 29.2 Å². The molecule has 53 heavy (non-hydrogen) atoms. The van der Waals surface area contributed by atoms with Crippen LogP contribution in [-0.2, 0) is 29.0 Å². The molecule has 0 aliphatic rings. The molecule has 2 N–H and O–H groups in total. The minimum absolute atomic E-state index is 0. The number of unbranched alkanes of at least 4 members (excludes halogenated alkanes) is 14. The van der Waals surface area contributed by atoms with Gasteiger partial charge in [-0.3, -0.25) is 0 Å². The van der Waals surface area contributed by atoms with Gasteiger partial charge in [-0.2, -0.15) is 0 Å². The van der Waals surface area contributed by atoms with Crippen LogP contribution < -0.4 is 19.7 Å². The van der Waals surface area contributed by atoms with Gasteiger partial charge < -0.3 is 39.4 Å². The minimum Gasteiger partial charge on any atom is -0.872 e. The van der Waals surface area contributed by atoms with Crippen molar-refractivity contribution in [3.05, 3.63) is 47.5 Å². The Kier molecular flexibility index (Phi) is 30.8. The van der Waals surface area contributed by atoms with Crippen LogP contribution in [-0.4, -0.2) is 60.8 Å². The second-order valence-corrected chi connectivity index (χ2v) is 13.5. The van der Waals surface area contributed by atoms with Crippen LogP contribution in [0, 0.1) is 0 Å². The summed E-state index contributed by atoms with van der Waals surface area (Å²) in [6.07, 6.45) is 23.4. The molecule has 0 heterocycles. The van der Waals surface area contributed by atoms with Gasteiger partial charge in [-0.25, -0.2) is 9.59 Å². The fraction of sp³-hybridized carbons (Fsp3) is 0.667. The van der Waals surface area contributed by atoms with E-state index >= 15 is 0 Å². The van der Waals surface area contributed by atoms with Crippen LogP contribution in [0.3, 0.4) is 0 Å². The maximum absolute atomic E-state index is 11.6. The third-order valence-corrected chi connectivity index (χ3v) is 8.80. The summed E-state index contributed by atoms with van der Waals surface area (Å²) in [4.78, 5) is 21.6. The van der Waals surface area contributed by atoms with Gasteiger partial charge >= 0.3 is 31.4 Å². The summed E-state index contributed by atoms with van der Waals surface area (Å²) in [5, 5.41) is 40.8. The Bertz CT molecular complexity index is 1130. The van der Waals surface area contributed by atoms with Gasteiger partial charge in [0.1, 0.15) is 24.7 Å². The standard InChI is InChI=1S/2C21H34O5.Zn/c2*1-3-4-5-6-7-8-9-10-11-17(2)25-14-15-26-18-12-13-19(21(23)24)20(22)16-18;/h2*12-13,16-17,22H,3-11,14-15H2,1-2H3,(H,23,24);/q;;+2/p-2. The van der Waals surface area contributed by atoms with Gasteiger partial charge in [0.15, 0.2) is 0 Å². The average Bonchev–Trinajstić information content (AvgIpc) is 3.11. The number of aromatic carboxylic acids is 2. The molecule has 0 saturated heterocycles. The van der Waals surface area contributed by atoms with Gasteiger partial charge in [0, 0.05) is 0 Å². The molecule has 11 heteroatoms. The van der Waals surface area contributed by atoms with Gasteiger partial charge in [0.05, 0.1) is 36.5 Å². The monoisotopic (exact) mass is 794 g/mol. The van der Waals surface area contributed by atoms with Crippen LogP contribution in [0.5, 0.6) is 23.0 Å². The molecular weight excluding hydrogens is 730 g/mol. The van der Waals surface area contributed by atoms with E-state index in [0.717, 1.165) is 12.8 Å². The van der Waals surface area contributed by atoms with E-state index in [-0.39, 0.29) is 42.8 Å². The minimum atomic E-state index is -1.22. The summed E-state index contributed by atoms with van der Waals surface area (Å²) in [6.45, 7) is 10.2. The molecule has 0 bridgehead atoms. The van der Waals surface area contributed by atoms with Gasteiger partial charge in [-0.15, -0.1) is 0 Å². The first-order valence-corrected chi connectivity index (χ1v) is 19.7. The second kappa shape index (κ2) is 32.5. The van der Waals surface area contributed by atoms with E-state index < -0.39 is 23.4 Å². The van der Waals surface area contributed by atoms with Crippen molar-refractivity contribution in [1.29, 1.82) is 0 Å². The summed E-state index contributed by atoms with van der Waals surface area (Å²) in [6, 6.07) is 7.93. The molecule has 0 spiro atoms. The summed E-state index contributed by atoms with van der Waals surface area (Å²) in [5.74, 6) is -2.78. The summed E-state index contributed by atoms with van der Waals surface area (Å²) >= 11 is 0. The van der Waals surface area contributed by atoms with Crippen molar-refractivity contribution in [1.82, 2.24) is 0 Å². The fourth-order valence-corrected chi connectivity index (χ4v) is 5.65. The van der Waals surface area contributed by atoms with E-state index in [1.54, 1.807) is 0 Å². The van der Waals surface area contributed by atoms with Crippen LogP contribution >= 0.6 is 0 Å². The molecule has 0 radical (unpaired) electrons. The number of ether oxygens (including phenoxy) is 4. The number of rotatable bonds is 30. The number of carboxylic acid groups (broad SMARTS) is 2. The van der Waals surface area contributed by atoms with E-state index in [0.29, 0.717) is 37.9 Å². The average molecular weight is 796 g/mol. The maximum atomic E-state index is 11.6. The first kappa shape index (κ1) is 50.1. The normalized spacial score (nSPS) is 11.8. The predicted molar refractivity (Wildman–Crippen MR) is 202 cm³/mol. The fourth-order valence-electron chi connectivity index (χ4n) is 5.65. The van der Waals surface area contributed by atoms with Crippen molar-refractivity contribution >= 4 is 11.9 Å². The third-order valence-electron chi connectivity index (χ3n) is 8.80. The molecule has 2 unspecified atom stereocenters. The molecule has 10 nitrogen and oxygen atoms in total. The largest absolute Gasteiger partial charge is 2.00 e. The molecule has 2 aromatic carbocycles. The molecule has 296 valence electrons. The molecule has 0 aliphatic carbocycles. The van der Waals surface area contributed by atoms with Crippen molar-refractivity contribution < 1.29 is 68.4 Å². The van der Waals surface area contributed by atoms with Crippen molar-refractivity contribution in [2.75, 3.05) is 26.4 Å². The molecule has 2 aromatic rings. The van der Waals surface area contributed by atoms with E-state index in [9.17, 15) is 19.8 Å². The molecule has 0 amide bonds. The van der Waals surface area contributed by atoms with Crippen LogP contribution in [0.1, 0.15) is 164 Å². The van der Waals surface area contributed by atoms with Crippen LogP contribution in [0.2, 0.25) is 0 Å². The first-order chi connectivity index (χ1) is 25.1. The van der Waals surface area contributed by atoms with Crippen molar-refractivity contribution in [2.24, 2.45) is 0 Å². The van der Waals surface area contributed by atoms with E-state index in [1.807, 2.05) is 0 Å². The van der Waals surface area contributed by atoms with Crippen LogP contribution in [0.4, 0.5) is 0 Å². The van der Waals surface area contributed by atoms with Gasteiger partial charge in [0.25, 0.3) is 0 Å². The Morgan fingerprint density at radius 2 is 0.868 bits per heavy atom. The zero-order chi connectivity index (χ0) is 38.4. The number of carboxylic acids is 2. The number of hydrogen-bond acceptors (Lipinski definition) is 8. The van der Waals surface area contributed by atoms with Gasteiger partial charge in [-0.1, -0.05) is 128 Å². The van der Waals surface area contributed by atoms with Crippen LogP contribution in [0.25, 0.3) is 0 Å². The zero-order valence-corrected chi connectivity index (χ0v) is 36.0. The Hall–Kier alpha value is -2.88. The molecule has 0 aliphatic heterocycles. The Balaban J connectivity index is 0.00000100. The molecule has 2 atom stereocenters. The smallest absolute Gasteiger partial charge is 0.872 e. The molecule has 0 saturated carbocycles. The molecule has 0 aromatic heterocycles. The zero-order valence-electron chi connectivity index (χ0n) is 33.0. The maximum Gasteiger partial charge on any atom is 2.00 e. The van der Waals surface area contributed by atoms with Gasteiger partial charge in [0.2, 0.25) is 0 Å². The number of hydrogen-bond donors (Lipinski definition) is 2. The predicted octanol–water partition coefficient (Wildman–Crippen LogP) is 9.54. The summed E-state index contributed by atoms with van der Waals surface area (Å²) < 4.78 is 22.3.